The molecule has 0 aliphatic heterocycles. The second-order valence-electron chi connectivity index (χ2n) is 6.81. The first-order valence-electron chi connectivity index (χ1n) is 9.33. The van der Waals surface area contributed by atoms with Gasteiger partial charge in [0.1, 0.15) is 10.6 Å². The molecule has 3 aromatic heterocycles. The second kappa shape index (κ2) is 8.10. The SMILES string of the molecule is CNS(=O)(=O)c1cccc(CNc2nc(-c3cccnc3)nc3sc(C)c(C)c23)c1. The Labute approximate surface area is 179 Å². The van der Waals surface area contributed by atoms with Gasteiger partial charge in [-0.1, -0.05) is 12.1 Å². The van der Waals surface area contributed by atoms with Crippen molar-refractivity contribution in [2.75, 3.05) is 12.4 Å². The molecule has 1 aromatic carbocycles. The number of hydrogen-bond acceptors (Lipinski definition) is 7. The van der Waals surface area contributed by atoms with E-state index in [4.69, 9.17) is 9.97 Å². The van der Waals surface area contributed by atoms with E-state index in [1.807, 2.05) is 18.2 Å². The van der Waals surface area contributed by atoms with Crippen molar-refractivity contribution in [1.29, 1.82) is 0 Å². The van der Waals surface area contributed by atoms with E-state index in [1.165, 1.54) is 11.9 Å². The van der Waals surface area contributed by atoms with Gasteiger partial charge in [0.15, 0.2) is 5.82 Å². The lowest BCUT2D eigenvalue weighted by atomic mass is 10.2. The zero-order chi connectivity index (χ0) is 21.3. The lowest BCUT2D eigenvalue weighted by Gasteiger charge is -2.11. The highest BCUT2D eigenvalue weighted by molar-refractivity contribution is 7.89. The van der Waals surface area contributed by atoms with Crippen LogP contribution in [0.4, 0.5) is 5.82 Å². The van der Waals surface area contributed by atoms with E-state index in [1.54, 1.807) is 41.9 Å². The molecule has 0 amide bonds. The van der Waals surface area contributed by atoms with Gasteiger partial charge in [-0.25, -0.2) is 23.1 Å². The number of hydrogen-bond donors (Lipinski definition) is 2. The van der Waals surface area contributed by atoms with Crippen molar-refractivity contribution in [1.82, 2.24) is 19.7 Å². The number of rotatable bonds is 6. The summed E-state index contributed by atoms with van der Waals surface area (Å²) < 4.78 is 26.5. The molecule has 0 spiro atoms. The second-order valence-corrected chi connectivity index (χ2v) is 9.90. The molecule has 4 aromatic rings. The number of sulfonamides is 1. The van der Waals surface area contributed by atoms with Crippen LogP contribution in [-0.2, 0) is 16.6 Å². The van der Waals surface area contributed by atoms with E-state index >= 15 is 0 Å². The number of nitrogens with one attached hydrogen (secondary N) is 2. The van der Waals surface area contributed by atoms with Gasteiger partial charge in [0.2, 0.25) is 10.0 Å². The number of pyridine rings is 1. The first kappa shape index (κ1) is 20.4. The van der Waals surface area contributed by atoms with Crippen LogP contribution in [0.25, 0.3) is 21.6 Å². The maximum Gasteiger partial charge on any atom is 0.240 e. The van der Waals surface area contributed by atoms with Crippen LogP contribution in [0.15, 0.2) is 53.7 Å². The Balaban J connectivity index is 1.73. The fraction of sp³-hybridized carbons (Fsp3) is 0.190. The summed E-state index contributed by atoms with van der Waals surface area (Å²) in [6.07, 6.45) is 3.46. The van der Waals surface area contributed by atoms with Gasteiger partial charge in [-0.05, 0) is 56.3 Å². The first-order valence-corrected chi connectivity index (χ1v) is 11.6. The summed E-state index contributed by atoms with van der Waals surface area (Å²) in [7, 11) is -2.09. The summed E-state index contributed by atoms with van der Waals surface area (Å²) in [6, 6.07) is 10.6. The van der Waals surface area contributed by atoms with Gasteiger partial charge >= 0.3 is 0 Å². The molecule has 0 fully saturated rings. The highest BCUT2D eigenvalue weighted by atomic mass is 32.2. The van der Waals surface area contributed by atoms with E-state index in [9.17, 15) is 8.42 Å². The molecule has 154 valence electrons. The molecule has 0 aliphatic rings. The number of anilines is 1. The van der Waals surface area contributed by atoms with E-state index < -0.39 is 10.0 Å². The Morgan fingerprint density at radius 3 is 2.67 bits per heavy atom. The fourth-order valence-corrected chi connectivity index (χ4v) is 4.96. The Kier molecular flexibility index (Phi) is 5.50. The van der Waals surface area contributed by atoms with Crippen molar-refractivity contribution < 1.29 is 8.42 Å². The summed E-state index contributed by atoms with van der Waals surface area (Å²) in [5.41, 5.74) is 2.82. The molecule has 0 atom stereocenters. The average molecular weight is 440 g/mol. The summed E-state index contributed by atoms with van der Waals surface area (Å²) in [6.45, 7) is 4.56. The molecule has 0 bridgehead atoms. The minimum atomic E-state index is -3.49. The van der Waals surface area contributed by atoms with Crippen molar-refractivity contribution >= 4 is 37.4 Å². The summed E-state index contributed by atoms with van der Waals surface area (Å²) in [4.78, 5) is 16.0. The predicted molar refractivity (Wildman–Crippen MR) is 120 cm³/mol. The lowest BCUT2D eigenvalue weighted by molar-refractivity contribution is 0.588. The first-order chi connectivity index (χ1) is 14.4. The van der Waals surface area contributed by atoms with Crippen LogP contribution in [0.1, 0.15) is 16.0 Å². The van der Waals surface area contributed by atoms with Crippen LogP contribution in [-0.4, -0.2) is 30.4 Å². The van der Waals surface area contributed by atoms with Gasteiger partial charge in [0, 0.05) is 29.4 Å². The van der Waals surface area contributed by atoms with Crippen LogP contribution in [0.3, 0.4) is 0 Å². The third kappa shape index (κ3) is 3.91. The number of thiophene rings is 1. The summed E-state index contributed by atoms with van der Waals surface area (Å²) in [5, 5.41) is 4.37. The smallest absolute Gasteiger partial charge is 0.240 e. The summed E-state index contributed by atoms with van der Waals surface area (Å²) in [5.74, 6) is 1.33. The molecule has 3 heterocycles. The highest BCUT2D eigenvalue weighted by Crippen LogP contribution is 2.35. The number of nitrogens with zero attached hydrogens (tertiary/aromatic N) is 3. The van der Waals surface area contributed by atoms with Crippen LogP contribution in [0, 0.1) is 13.8 Å². The molecule has 7 nitrogen and oxygen atoms in total. The maximum absolute atomic E-state index is 12.1. The van der Waals surface area contributed by atoms with E-state index in [0.717, 1.165) is 32.7 Å². The lowest BCUT2D eigenvalue weighted by Crippen LogP contribution is -2.18. The maximum atomic E-state index is 12.1. The van der Waals surface area contributed by atoms with Crippen molar-refractivity contribution in [2.45, 2.75) is 25.3 Å². The molecule has 0 unspecified atom stereocenters. The van der Waals surface area contributed by atoms with E-state index in [0.29, 0.717) is 12.4 Å². The molecule has 0 saturated carbocycles. The van der Waals surface area contributed by atoms with Crippen molar-refractivity contribution in [3.63, 3.8) is 0 Å². The average Bonchev–Trinajstić information content (AvgIpc) is 3.06. The number of fused-ring (bicyclic) bond motifs is 1. The Bertz CT molecular complexity index is 1320. The van der Waals surface area contributed by atoms with Crippen LogP contribution in [0.2, 0.25) is 0 Å². The molecule has 4 rings (SSSR count). The van der Waals surface area contributed by atoms with Crippen LogP contribution < -0.4 is 10.0 Å². The minimum absolute atomic E-state index is 0.232. The number of aromatic nitrogens is 3. The van der Waals surface area contributed by atoms with Crippen LogP contribution in [0.5, 0.6) is 0 Å². The van der Waals surface area contributed by atoms with Crippen molar-refractivity contribution in [3.05, 3.63) is 64.8 Å². The van der Waals surface area contributed by atoms with E-state index in [-0.39, 0.29) is 4.90 Å². The summed E-state index contributed by atoms with van der Waals surface area (Å²) >= 11 is 1.63. The number of benzene rings is 1. The molecular formula is C21H21N5O2S2. The van der Waals surface area contributed by atoms with Crippen LogP contribution >= 0.6 is 11.3 Å². The van der Waals surface area contributed by atoms with Crippen molar-refractivity contribution in [3.8, 4) is 11.4 Å². The third-order valence-corrected chi connectivity index (χ3v) is 7.40. The van der Waals surface area contributed by atoms with E-state index in [2.05, 4.69) is 28.9 Å². The normalized spacial score (nSPS) is 11.7. The van der Waals surface area contributed by atoms with Crippen molar-refractivity contribution in [2.24, 2.45) is 0 Å². The Morgan fingerprint density at radius 1 is 1.10 bits per heavy atom. The topological polar surface area (TPSA) is 96.9 Å². The van der Waals surface area contributed by atoms with Gasteiger partial charge in [0.05, 0.1) is 10.3 Å². The molecule has 0 radical (unpaired) electrons. The number of aryl methyl sites for hydroxylation is 2. The fourth-order valence-electron chi connectivity index (χ4n) is 3.13. The van der Waals surface area contributed by atoms with Gasteiger partial charge in [0.25, 0.3) is 0 Å². The van der Waals surface area contributed by atoms with Gasteiger partial charge in [-0.3, -0.25) is 4.98 Å². The highest BCUT2D eigenvalue weighted by Gasteiger charge is 2.16. The van der Waals surface area contributed by atoms with Gasteiger partial charge in [-0.2, -0.15) is 0 Å². The largest absolute Gasteiger partial charge is 0.365 e. The molecule has 9 heteroatoms. The van der Waals surface area contributed by atoms with Gasteiger partial charge in [-0.15, -0.1) is 11.3 Å². The molecule has 0 aliphatic carbocycles. The molecule has 2 N–H and O–H groups in total. The quantitative estimate of drug-likeness (QED) is 0.473. The predicted octanol–water partition coefficient (Wildman–Crippen LogP) is 3.89. The Hall–Kier alpha value is -2.88. The third-order valence-electron chi connectivity index (χ3n) is 4.89. The molecular weight excluding hydrogens is 418 g/mol. The monoisotopic (exact) mass is 439 g/mol. The minimum Gasteiger partial charge on any atom is -0.365 e. The zero-order valence-corrected chi connectivity index (χ0v) is 18.4. The standard InChI is InChI=1S/C21H21N5O2S2/c1-13-14(2)29-21-18(13)20(25-19(26-21)16-7-5-9-23-12-16)24-11-15-6-4-8-17(10-15)30(27,28)22-3/h4-10,12,22H,11H2,1-3H3,(H,24,25,26). The molecule has 0 saturated heterocycles. The Morgan fingerprint density at radius 2 is 1.93 bits per heavy atom. The van der Waals surface area contributed by atoms with Gasteiger partial charge < -0.3 is 5.32 Å². The zero-order valence-electron chi connectivity index (χ0n) is 16.8. The molecule has 30 heavy (non-hydrogen) atoms.